The lowest BCUT2D eigenvalue weighted by Gasteiger charge is -2.45. The summed E-state index contributed by atoms with van der Waals surface area (Å²) in [6.07, 6.45) is -0.797. The highest BCUT2D eigenvalue weighted by atomic mass is 32.2. The summed E-state index contributed by atoms with van der Waals surface area (Å²) in [6.45, 7) is 0.740. The molecule has 204 valence electrons. The predicted octanol–water partition coefficient (Wildman–Crippen LogP) is 1.53. The van der Waals surface area contributed by atoms with Gasteiger partial charge < -0.3 is 14.5 Å². The van der Waals surface area contributed by atoms with Gasteiger partial charge in [-0.15, -0.1) is 0 Å². The highest BCUT2D eigenvalue weighted by Crippen LogP contribution is 2.40. The van der Waals surface area contributed by atoms with Crippen LogP contribution in [0.15, 0.2) is 6.07 Å². The van der Waals surface area contributed by atoms with Gasteiger partial charge in [-0.25, -0.2) is 26.8 Å². The van der Waals surface area contributed by atoms with Crippen molar-refractivity contribution in [2.24, 2.45) is 0 Å². The molecule has 2 saturated heterocycles. The van der Waals surface area contributed by atoms with E-state index in [0.29, 0.717) is 12.8 Å². The number of likely N-dealkylation sites (N-methyl/N-ethyl adjacent to an activating group) is 1. The number of halogens is 3. The molecule has 15 heteroatoms. The van der Waals surface area contributed by atoms with Gasteiger partial charge in [-0.05, 0) is 12.8 Å². The Labute approximate surface area is 209 Å². The van der Waals surface area contributed by atoms with Crippen LogP contribution in [0.3, 0.4) is 0 Å². The van der Waals surface area contributed by atoms with E-state index in [4.69, 9.17) is 4.74 Å². The van der Waals surface area contributed by atoms with Crippen LogP contribution in [-0.2, 0) is 30.8 Å². The van der Waals surface area contributed by atoms with Crippen LogP contribution in [-0.4, -0.2) is 100 Å². The number of sulfonamides is 1. The SMILES string of the molecule is CN(CC1CN(S(C)(=O)=O)CCO1)c1cc(N2CCS(=O)(=O)C3(CCCCC3)C2)nc(C(F)(F)F)n1. The highest BCUT2D eigenvalue weighted by molar-refractivity contribution is 7.92. The predicted molar refractivity (Wildman–Crippen MR) is 128 cm³/mol. The van der Waals surface area contributed by atoms with E-state index in [-0.39, 0.29) is 56.7 Å². The molecule has 1 unspecified atom stereocenters. The second-order valence-electron chi connectivity index (χ2n) is 9.88. The van der Waals surface area contributed by atoms with Gasteiger partial charge >= 0.3 is 6.18 Å². The largest absolute Gasteiger partial charge is 0.451 e. The summed E-state index contributed by atoms with van der Waals surface area (Å²) in [6, 6.07) is 1.43. The molecule has 0 bridgehead atoms. The minimum Gasteiger partial charge on any atom is -0.374 e. The topological polar surface area (TPSA) is 113 Å². The van der Waals surface area contributed by atoms with E-state index in [0.717, 1.165) is 25.5 Å². The number of aromatic nitrogens is 2. The van der Waals surface area contributed by atoms with Crippen LogP contribution in [0, 0.1) is 0 Å². The smallest absolute Gasteiger partial charge is 0.374 e. The van der Waals surface area contributed by atoms with Crippen molar-refractivity contribution in [3.05, 3.63) is 11.9 Å². The van der Waals surface area contributed by atoms with Gasteiger partial charge in [0.05, 0.1) is 29.5 Å². The number of nitrogens with zero attached hydrogens (tertiary/aromatic N) is 5. The second-order valence-corrected chi connectivity index (χ2v) is 14.4. The number of anilines is 2. The van der Waals surface area contributed by atoms with Crippen molar-refractivity contribution in [2.45, 2.75) is 49.1 Å². The van der Waals surface area contributed by atoms with Gasteiger partial charge in [-0.2, -0.15) is 17.5 Å². The lowest BCUT2D eigenvalue weighted by molar-refractivity contribution is -0.144. The maximum absolute atomic E-state index is 13.7. The Bertz CT molecular complexity index is 1170. The van der Waals surface area contributed by atoms with Gasteiger partial charge in [-0.3, -0.25) is 0 Å². The molecule has 0 N–H and O–H groups in total. The Hall–Kier alpha value is -1.71. The van der Waals surface area contributed by atoms with E-state index >= 15 is 0 Å². The molecule has 3 heterocycles. The number of rotatable bonds is 5. The molecule has 36 heavy (non-hydrogen) atoms. The minimum atomic E-state index is -4.80. The van der Waals surface area contributed by atoms with Crippen molar-refractivity contribution in [2.75, 3.05) is 68.2 Å². The number of hydrogen-bond acceptors (Lipinski definition) is 9. The average molecular weight is 556 g/mol. The first-order chi connectivity index (χ1) is 16.7. The third kappa shape index (κ3) is 5.73. The quantitative estimate of drug-likeness (QED) is 0.534. The molecule has 1 aliphatic carbocycles. The Morgan fingerprint density at radius 1 is 1.19 bits per heavy atom. The zero-order valence-corrected chi connectivity index (χ0v) is 22.0. The number of alkyl halides is 3. The minimum absolute atomic E-state index is 0.00136. The Balaban J connectivity index is 1.60. The van der Waals surface area contributed by atoms with E-state index in [1.54, 1.807) is 11.9 Å². The Morgan fingerprint density at radius 2 is 1.89 bits per heavy atom. The van der Waals surface area contributed by atoms with Crippen molar-refractivity contribution < 1.29 is 34.7 Å². The maximum atomic E-state index is 13.7. The summed E-state index contributed by atoms with van der Waals surface area (Å²) in [7, 11) is -5.25. The average Bonchev–Trinajstić information content (AvgIpc) is 2.80. The molecule has 1 aromatic heterocycles. The lowest BCUT2D eigenvalue weighted by atomic mass is 9.87. The molecule has 10 nitrogen and oxygen atoms in total. The van der Waals surface area contributed by atoms with Gasteiger partial charge in [0.25, 0.3) is 0 Å². The van der Waals surface area contributed by atoms with Crippen LogP contribution >= 0.6 is 0 Å². The number of hydrogen-bond donors (Lipinski definition) is 0. The standard InChI is InChI=1S/C21H32F3N5O5S2/c1-27(13-16-14-29(8-10-34-16)35(2,30)31)17-12-18(26-19(25-17)21(22,23)24)28-9-11-36(32,33)20(15-28)6-4-3-5-7-20/h12,16H,3-11,13-15H2,1-2H3. The van der Waals surface area contributed by atoms with Crippen molar-refractivity contribution in [1.82, 2.24) is 14.3 Å². The number of sulfone groups is 1. The Kier molecular flexibility index (Phi) is 7.50. The molecule has 0 amide bonds. The molecule has 1 saturated carbocycles. The van der Waals surface area contributed by atoms with Crippen LogP contribution in [0.1, 0.15) is 37.9 Å². The summed E-state index contributed by atoms with van der Waals surface area (Å²) in [4.78, 5) is 10.6. The summed E-state index contributed by atoms with van der Waals surface area (Å²) < 4.78 is 96.9. The fourth-order valence-corrected chi connectivity index (χ4v) is 8.24. The van der Waals surface area contributed by atoms with E-state index in [1.807, 2.05) is 0 Å². The third-order valence-corrected chi connectivity index (χ3v) is 11.1. The van der Waals surface area contributed by atoms with Crippen molar-refractivity contribution in [3.63, 3.8) is 0 Å². The fraction of sp³-hybridized carbons (Fsp3) is 0.810. The maximum Gasteiger partial charge on any atom is 0.451 e. The first-order valence-corrected chi connectivity index (χ1v) is 15.4. The van der Waals surface area contributed by atoms with E-state index in [9.17, 15) is 30.0 Å². The molecule has 4 rings (SSSR count). The van der Waals surface area contributed by atoms with E-state index in [2.05, 4.69) is 9.97 Å². The second kappa shape index (κ2) is 9.87. The van der Waals surface area contributed by atoms with Crippen LogP contribution < -0.4 is 9.80 Å². The summed E-state index contributed by atoms with van der Waals surface area (Å²) in [5.41, 5.74) is 0. The van der Waals surface area contributed by atoms with Gasteiger partial charge in [0.15, 0.2) is 9.84 Å². The molecule has 3 fully saturated rings. The van der Waals surface area contributed by atoms with Crippen LogP contribution in [0.2, 0.25) is 0 Å². The van der Waals surface area contributed by atoms with Crippen molar-refractivity contribution >= 4 is 31.5 Å². The molecular weight excluding hydrogens is 523 g/mol. The lowest BCUT2D eigenvalue weighted by Crippen LogP contribution is -2.57. The first kappa shape index (κ1) is 27.3. The summed E-state index contributed by atoms with van der Waals surface area (Å²) in [5.74, 6) is -1.42. The normalized spacial score (nSPS) is 25.1. The van der Waals surface area contributed by atoms with Crippen LogP contribution in [0.5, 0.6) is 0 Å². The molecule has 1 aromatic rings. The molecule has 3 aliphatic rings. The monoisotopic (exact) mass is 555 g/mol. The van der Waals surface area contributed by atoms with Gasteiger partial charge in [0.2, 0.25) is 15.8 Å². The summed E-state index contributed by atoms with van der Waals surface area (Å²) >= 11 is 0. The zero-order valence-electron chi connectivity index (χ0n) is 20.4. The Morgan fingerprint density at radius 3 is 2.53 bits per heavy atom. The third-order valence-electron chi connectivity index (χ3n) is 7.25. The molecule has 0 radical (unpaired) electrons. The van der Waals surface area contributed by atoms with Crippen molar-refractivity contribution in [3.8, 4) is 0 Å². The van der Waals surface area contributed by atoms with Crippen molar-refractivity contribution in [1.29, 1.82) is 0 Å². The molecule has 1 atom stereocenters. The molecule has 2 aliphatic heterocycles. The van der Waals surface area contributed by atoms with E-state index < -0.39 is 42.7 Å². The van der Waals surface area contributed by atoms with Crippen LogP contribution in [0.4, 0.5) is 24.8 Å². The first-order valence-electron chi connectivity index (χ1n) is 11.9. The van der Waals surface area contributed by atoms with Crippen LogP contribution in [0.25, 0.3) is 0 Å². The molecule has 0 aromatic carbocycles. The zero-order chi connectivity index (χ0) is 26.4. The fourth-order valence-electron chi connectivity index (χ4n) is 5.24. The van der Waals surface area contributed by atoms with E-state index in [1.165, 1.54) is 15.3 Å². The van der Waals surface area contributed by atoms with Gasteiger partial charge in [0, 0.05) is 45.8 Å². The number of morpholine rings is 1. The molecular formula is C21H32F3N5O5S2. The van der Waals surface area contributed by atoms with Gasteiger partial charge in [0.1, 0.15) is 11.6 Å². The number of ether oxygens (including phenoxy) is 1. The molecule has 1 spiro atoms. The van der Waals surface area contributed by atoms with Gasteiger partial charge in [-0.1, -0.05) is 19.3 Å². The highest BCUT2D eigenvalue weighted by Gasteiger charge is 2.49. The summed E-state index contributed by atoms with van der Waals surface area (Å²) in [5, 5.41) is 0.